The summed E-state index contributed by atoms with van der Waals surface area (Å²) >= 11 is 0. The zero-order valence-corrected chi connectivity index (χ0v) is 21.2. The maximum absolute atomic E-state index is 4.86. The van der Waals surface area contributed by atoms with Gasteiger partial charge in [0.1, 0.15) is 5.82 Å². The van der Waals surface area contributed by atoms with Crippen LogP contribution in [0, 0.1) is 13.8 Å². The van der Waals surface area contributed by atoms with Crippen LogP contribution in [-0.4, -0.2) is 14.5 Å². The fourth-order valence-electron chi connectivity index (χ4n) is 5.16. The quantitative estimate of drug-likeness (QED) is 0.262. The van der Waals surface area contributed by atoms with Crippen molar-refractivity contribution in [2.24, 2.45) is 0 Å². The molecule has 0 saturated carbocycles. The number of hydrogen-bond donors (Lipinski definition) is 0. The van der Waals surface area contributed by atoms with E-state index in [-0.39, 0.29) is 5.41 Å². The highest BCUT2D eigenvalue weighted by Crippen LogP contribution is 2.36. The van der Waals surface area contributed by atoms with Crippen LogP contribution in [0.25, 0.3) is 38.8 Å². The average Bonchev–Trinajstić information content (AvgIpc) is 3.22. The summed E-state index contributed by atoms with van der Waals surface area (Å²) in [6.07, 6.45) is 1.91. The molecule has 0 radical (unpaired) electrons. The number of aryl methyl sites for hydroxylation is 2. The first kappa shape index (κ1) is 22.2. The summed E-state index contributed by atoms with van der Waals surface area (Å²) in [7, 11) is 0. The van der Waals surface area contributed by atoms with Gasteiger partial charge >= 0.3 is 0 Å². The van der Waals surface area contributed by atoms with Crippen LogP contribution in [0.2, 0.25) is 0 Å². The molecule has 3 nitrogen and oxygen atoms in total. The fraction of sp³-hybridized carbons (Fsp3) is 0.152. The number of para-hydroxylation sites is 1. The molecule has 36 heavy (non-hydrogen) atoms. The molecule has 6 aromatic rings. The molecule has 0 amide bonds. The summed E-state index contributed by atoms with van der Waals surface area (Å²) in [6, 6.07) is 34.7. The van der Waals surface area contributed by atoms with E-state index in [0.717, 1.165) is 22.7 Å². The van der Waals surface area contributed by atoms with Crippen molar-refractivity contribution in [2.45, 2.75) is 33.1 Å². The maximum Gasteiger partial charge on any atom is 0.137 e. The van der Waals surface area contributed by atoms with Crippen molar-refractivity contribution in [2.75, 3.05) is 0 Å². The van der Waals surface area contributed by atoms with Gasteiger partial charge in [-0.2, -0.15) is 0 Å². The predicted molar refractivity (Wildman–Crippen MR) is 150 cm³/mol. The highest BCUT2D eigenvalue weighted by atomic mass is 15.1. The lowest BCUT2D eigenvalue weighted by Gasteiger charge is -2.25. The Morgan fingerprint density at radius 3 is 2.28 bits per heavy atom. The van der Waals surface area contributed by atoms with Gasteiger partial charge in [-0.3, -0.25) is 9.55 Å². The normalized spacial score (nSPS) is 11.9. The van der Waals surface area contributed by atoms with E-state index in [2.05, 4.69) is 110 Å². The minimum absolute atomic E-state index is 0.202. The summed E-state index contributed by atoms with van der Waals surface area (Å²) in [5.41, 5.74) is 9.09. The second-order valence-electron chi connectivity index (χ2n) is 10.1. The third-order valence-electron chi connectivity index (χ3n) is 7.25. The Morgan fingerprint density at radius 2 is 1.44 bits per heavy atom. The van der Waals surface area contributed by atoms with Gasteiger partial charge in [-0.05, 0) is 72.5 Å². The van der Waals surface area contributed by atoms with Crippen LogP contribution in [0.5, 0.6) is 0 Å². The number of fused-ring (bicyclic) bond motifs is 3. The molecular formula is C33H29N3. The molecule has 0 aliphatic rings. The first-order chi connectivity index (χ1) is 17.4. The molecule has 3 heterocycles. The third kappa shape index (κ3) is 3.68. The van der Waals surface area contributed by atoms with Crippen LogP contribution in [-0.2, 0) is 5.41 Å². The molecule has 0 fully saturated rings. The van der Waals surface area contributed by atoms with Gasteiger partial charge in [0.05, 0.1) is 16.7 Å². The smallest absolute Gasteiger partial charge is 0.137 e. The monoisotopic (exact) mass is 467 g/mol. The van der Waals surface area contributed by atoms with Crippen LogP contribution in [0.1, 0.15) is 36.4 Å². The Hall–Kier alpha value is -4.24. The third-order valence-corrected chi connectivity index (χ3v) is 7.25. The van der Waals surface area contributed by atoms with E-state index >= 15 is 0 Å². The van der Waals surface area contributed by atoms with E-state index in [1.165, 1.54) is 38.5 Å². The number of pyridine rings is 2. The topological polar surface area (TPSA) is 30.7 Å². The van der Waals surface area contributed by atoms with Crippen molar-refractivity contribution in [3.05, 3.63) is 126 Å². The highest BCUT2D eigenvalue weighted by molar-refractivity contribution is 6.10. The maximum atomic E-state index is 4.86. The van der Waals surface area contributed by atoms with Gasteiger partial charge in [-0.15, -0.1) is 0 Å². The molecule has 0 saturated heterocycles. The number of nitrogens with zero attached hydrogens (tertiary/aromatic N) is 3. The minimum Gasteiger partial charge on any atom is -0.294 e. The van der Waals surface area contributed by atoms with Crippen LogP contribution >= 0.6 is 0 Å². The largest absolute Gasteiger partial charge is 0.294 e. The molecule has 0 unspecified atom stereocenters. The van der Waals surface area contributed by atoms with Crippen LogP contribution in [0.3, 0.4) is 0 Å². The first-order valence-electron chi connectivity index (χ1n) is 12.4. The van der Waals surface area contributed by atoms with E-state index in [4.69, 9.17) is 9.97 Å². The van der Waals surface area contributed by atoms with Gasteiger partial charge in [0.15, 0.2) is 0 Å². The lowest BCUT2D eigenvalue weighted by molar-refractivity contribution is 0.616. The van der Waals surface area contributed by atoms with E-state index < -0.39 is 0 Å². The van der Waals surface area contributed by atoms with Crippen molar-refractivity contribution < 1.29 is 0 Å². The zero-order valence-electron chi connectivity index (χ0n) is 21.2. The summed E-state index contributed by atoms with van der Waals surface area (Å²) in [6.45, 7) is 8.66. The number of hydrogen-bond acceptors (Lipinski definition) is 2. The van der Waals surface area contributed by atoms with E-state index in [1.54, 1.807) is 0 Å². The van der Waals surface area contributed by atoms with Crippen LogP contribution < -0.4 is 0 Å². The van der Waals surface area contributed by atoms with Gasteiger partial charge in [0.2, 0.25) is 0 Å². The SMILES string of the molecule is Cc1ccnc(C(C)(C)c2cccc(-c3ccc4c5ccccc5n(-c5cccc(C)n5)c4c3)c2)c1. The molecule has 176 valence electrons. The van der Waals surface area contributed by atoms with Crippen molar-refractivity contribution in [3.63, 3.8) is 0 Å². The molecule has 3 aromatic heterocycles. The van der Waals surface area contributed by atoms with Crippen molar-refractivity contribution in [3.8, 4) is 16.9 Å². The molecule has 0 aliphatic heterocycles. The summed E-state index contributed by atoms with van der Waals surface area (Å²) in [5, 5.41) is 2.47. The minimum atomic E-state index is -0.202. The summed E-state index contributed by atoms with van der Waals surface area (Å²) in [4.78, 5) is 9.56. The van der Waals surface area contributed by atoms with Crippen molar-refractivity contribution in [1.29, 1.82) is 0 Å². The molecule has 3 heteroatoms. The molecular weight excluding hydrogens is 438 g/mol. The molecule has 6 rings (SSSR count). The molecule has 0 atom stereocenters. The van der Waals surface area contributed by atoms with E-state index in [9.17, 15) is 0 Å². The Kier molecular flexibility index (Phi) is 5.22. The van der Waals surface area contributed by atoms with Gasteiger partial charge in [0.25, 0.3) is 0 Å². The Balaban J connectivity index is 1.53. The highest BCUT2D eigenvalue weighted by Gasteiger charge is 2.25. The first-order valence-corrected chi connectivity index (χ1v) is 12.4. The number of aromatic nitrogens is 3. The zero-order chi connectivity index (χ0) is 24.9. The molecule has 0 aliphatic carbocycles. The Morgan fingerprint density at radius 1 is 0.667 bits per heavy atom. The Bertz CT molecular complexity index is 1740. The molecule has 3 aromatic carbocycles. The summed E-state index contributed by atoms with van der Waals surface area (Å²) in [5.74, 6) is 0.943. The predicted octanol–water partition coefficient (Wildman–Crippen LogP) is 8.18. The van der Waals surface area contributed by atoms with Gasteiger partial charge in [-0.1, -0.05) is 74.5 Å². The summed E-state index contributed by atoms with van der Waals surface area (Å²) < 4.78 is 2.28. The second kappa shape index (κ2) is 8.46. The number of rotatable bonds is 4. The lowest BCUT2D eigenvalue weighted by atomic mass is 9.80. The number of benzene rings is 3. The fourth-order valence-corrected chi connectivity index (χ4v) is 5.16. The standard InChI is InChI=1S/C33H29N3/c1-22-17-18-34-31(19-22)33(3,4)26-11-8-10-24(20-26)25-15-16-28-27-12-5-6-13-29(27)36(30(28)21-25)32-14-7-9-23(2)35-32/h5-21H,1-4H3. The molecule has 0 spiro atoms. The van der Waals surface area contributed by atoms with Crippen molar-refractivity contribution >= 4 is 21.8 Å². The average molecular weight is 468 g/mol. The van der Waals surface area contributed by atoms with Crippen LogP contribution in [0.4, 0.5) is 0 Å². The lowest BCUT2D eigenvalue weighted by Crippen LogP contribution is -2.20. The van der Waals surface area contributed by atoms with Gasteiger partial charge in [-0.25, -0.2) is 4.98 Å². The Labute approximate surface area is 212 Å². The van der Waals surface area contributed by atoms with Crippen LogP contribution in [0.15, 0.2) is 103 Å². The molecule has 0 bridgehead atoms. The van der Waals surface area contributed by atoms with Crippen molar-refractivity contribution in [1.82, 2.24) is 14.5 Å². The second-order valence-corrected chi connectivity index (χ2v) is 10.1. The van der Waals surface area contributed by atoms with Gasteiger partial charge in [0, 0.05) is 28.1 Å². The van der Waals surface area contributed by atoms with E-state index in [0.29, 0.717) is 0 Å². The molecule has 0 N–H and O–H groups in total. The van der Waals surface area contributed by atoms with E-state index in [1.807, 2.05) is 25.3 Å². The van der Waals surface area contributed by atoms with Gasteiger partial charge < -0.3 is 0 Å².